The Morgan fingerprint density at radius 2 is 2.05 bits per heavy atom. The van der Waals surface area contributed by atoms with Crippen molar-refractivity contribution in [1.82, 2.24) is 5.32 Å². The zero-order chi connectivity index (χ0) is 16.6. The fourth-order valence-electron chi connectivity index (χ4n) is 1.92. The first kappa shape index (κ1) is 17.9. The van der Waals surface area contributed by atoms with Crippen molar-refractivity contribution in [3.05, 3.63) is 48.6 Å². The Morgan fingerprint density at radius 1 is 1.41 bits per heavy atom. The standard InChI is InChI=1S/C17H23NO4/c1-4-5-11-22-13(2)15(19)18-12-17(3,16(20)21)14-9-7-6-8-10-14/h4,6-10,13H,1,5,11-12H2,2-3H3,(H,18,19)(H,20,21). The second-order valence-corrected chi connectivity index (χ2v) is 5.31. The minimum atomic E-state index is -1.18. The molecule has 0 saturated carbocycles. The highest BCUT2D eigenvalue weighted by Crippen LogP contribution is 2.23. The number of carboxylic acid groups (broad SMARTS) is 1. The fourth-order valence-corrected chi connectivity index (χ4v) is 1.92. The minimum Gasteiger partial charge on any atom is -0.481 e. The summed E-state index contributed by atoms with van der Waals surface area (Å²) in [5, 5.41) is 12.2. The van der Waals surface area contributed by atoms with Gasteiger partial charge in [-0.3, -0.25) is 9.59 Å². The third-order valence-corrected chi connectivity index (χ3v) is 3.56. The van der Waals surface area contributed by atoms with E-state index in [-0.39, 0.29) is 12.5 Å². The third kappa shape index (κ3) is 4.70. The summed E-state index contributed by atoms with van der Waals surface area (Å²) in [5.74, 6) is -1.31. The third-order valence-electron chi connectivity index (χ3n) is 3.56. The van der Waals surface area contributed by atoms with Crippen LogP contribution < -0.4 is 5.32 Å². The van der Waals surface area contributed by atoms with Gasteiger partial charge in [0.1, 0.15) is 11.5 Å². The molecular formula is C17H23NO4. The molecule has 0 aliphatic heterocycles. The van der Waals surface area contributed by atoms with Gasteiger partial charge in [-0.25, -0.2) is 0 Å². The van der Waals surface area contributed by atoms with Gasteiger partial charge in [0.2, 0.25) is 5.91 Å². The van der Waals surface area contributed by atoms with Gasteiger partial charge in [0, 0.05) is 6.54 Å². The van der Waals surface area contributed by atoms with E-state index in [1.807, 2.05) is 6.07 Å². The first-order valence-corrected chi connectivity index (χ1v) is 7.21. The molecule has 2 N–H and O–H groups in total. The lowest BCUT2D eigenvalue weighted by atomic mass is 9.82. The molecule has 0 bridgehead atoms. The summed E-state index contributed by atoms with van der Waals surface area (Å²) in [7, 11) is 0. The van der Waals surface area contributed by atoms with Gasteiger partial charge in [-0.2, -0.15) is 0 Å². The molecule has 2 atom stereocenters. The number of nitrogens with one attached hydrogen (secondary N) is 1. The van der Waals surface area contributed by atoms with Crippen LogP contribution in [0.15, 0.2) is 43.0 Å². The number of benzene rings is 1. The van der Waals surface area contributed by atoms with Crippen molar-refractivity contribution in [2.45, 2.75) is 31.8 Å². The summed E-state index contributed by atoms with van der Waals surface area (Å²) >= 11 is 0. The van der Waals surface area contributed by atoms with E-state index in [4.69, 9.17) is 4.74 Å². The minimum absolute atomic E-state index is 0.000336. The lowest BCUT2D eigenvalue weighted by Gasteiger charge is -2.26. The summed E-state index contributed by atoms with van der Waals surface area (Å²) in [6.07, 6.45) is 1.74. The summed E-state index contributed by atoms with van der Waals surface area (Å²) in [6.45, 7) is 7.22. The van der Waals surface area contributed by atoms with Crippen LogP contribution in [0.25, 0.3) is 0 Å². The van der Waals surface area contributed by atoms with Crippen molar-refractivity contribution in [3.8, 4) is 0 Å². The summed E-state index contributed by atoms with van der Waals surface area (Å²) in [5.41, 5.74) is -0.541. The maximum atomic E-state index is 12.0. The van der Waals surface area contributed by atoms with Gasteiger partial charge in [0.05, 0.1) is 6.61 Å². The van der Waals surface area contributed by atoms with Crippen LogP contribution >= 0.6 is 0 Å². The second-order valence-electron chi connectivity index (χ2n) is 5.31. The largest absolute Gasteiger partial charge is 0.481 e. The van der Waals surface area contributed by atoms with E-state index in [9.17, 15) is 14.7 Å². The predicted molar refractivity (Wildman–Crippen MR) is 84.7 cm³/mol. The molecule has 0 radical (unpaired) electrons. The first-order valence-electron chi connectivity index (χ1n) is 7.21. The average molecular weight is 305 g/mol. The number of carbonyl (C=O) groups excluding carboxylic acids is 1. The highest BCUT2D eigenvalue weighted by molar-refractivity contribution is 5.84. The highest BCUT2D eigenvalue weighted by atomic mass is 16.5. The Kier molecular flexibility index (Phi) is 6.79. The molecule has 0 aromatic heterocycles. The molecule has 1 rings (SSSR count). The van der Waals surface area contributed by atoms with Crippen molar-refractivity contribution >= 4 is 11.9 Å². The zero-order valence-electron chi connectivity index (χ0n) is 13.0. The molecule has 0 spiro atoms. The van der Waals surface area contributed by atoms with Crippen LogP contribution in [0.1, 0.15) is 25.8 Å². The normalized spacial score (nSPS) is 14.6. The Labute approximate surface area is 131 Å². The second kappa shape index (κ2) is 8.34. The molecule has 1 aromatic carbocycles. The molecule has 0 aliphatic carbocycles. The van der Waals surface area contributed by atoms with E-state index >= 15 is 0 Å². The van der Waals surface area contributed by atoms with Crippen LogP contribution in [0.4, 0.5) is 0 Å². The number of ether oxygens (including phenoxy) is 1. The molecule has 0 aliphatic rings. The number of carbonyl (C=O) groups is 2. The van der Waals surface area contributed by atoms with Crippen LogP contribution in [-0.4, -0.2) is 36.2 Å². The van der Waals surface area contributed by atoms with Gasteiger partial charge in [-0.15, -0.1) is 6.58 Å². The molecule has 5 nitrogen and oxygen atoms in total. The molecule has 0 fully saturated rings. The number of amides is 1. The van der Waals surface area contributed by atoms with E-state index in [0.29, 0.717) is 18.6 Å². The maximum absolute atomic E-state index is 12.0. The van der Waals surface area contributed by atoms with Crippen LogP contribution in [0.2, 0.25) is 0 Å². The maximum Gasteiger partial charge on any atom is 0.315 e. The number of aliphatic carboxylic acids is 1. The monoisotopic (exact) mass is 305 g/mol. The lowest BCUT2D eigenvalue weighted by molar-refractivity contribution is -0.143. The quantitative estimate of drug-likeness (QED) is 0.541. The van der Waals surface area contributed by atoms with E-state index in [0.717, 1.165) is 0 Å². The van der Waals surface area contributed by atoms with Crippen LogP contribution in [0.5, 0.6) is 0 Å². The van der Waals surface area contributed by atoms with E-state index in [2.05, 4.69) is 11.9 Å². The molecule has 2 unspecified atom stereocenters. The van der Waals surface area contributed by atoms with Crippen molar-refractivity contribution < 1.29 is 19.4 Å². The molecule has 5 heteroatoms. The molecule has 0 saturated heterocycles. The molecule has 120 valence electrons. The highest BCUT2D eigenvalue weighted by Gasteiger charge is 2.35. The predicted octanol–water partition coefficient (Wildman–Crippen LogP) is 2.13. The van der Waals surface area contributed by atoms with Gasteiger partial charge < -0.3 is 15.2 Å². The van der Waals surface area contributed by atoms with Gasteiger partial charge in [-0.1, -0.05) is 36.4 Å². The zero-order valence-corrected chi connectivity index (χ0v) is 13.0. The summed E-state index contributed by atoms with van der Waals surface area (Å²) in [4.78, 5) is 23.6. The number of hydrogen-bond acceptors (Lipinski definition) is 3. The molecule has 22 heavy (non-hydrogen) atoms. The van der Waals surface area contributed by atoms with Gasteiger partial charge in [0.25, 0.3) is 0 Å². The Bertz CT molecular complexity index is 515. The Hall–Kier alpha value is -2.14. The summed E-state index contributed by atoms with van der Waals surface area (Å²) < 4.78 is 5.34. The molecule has 1 aromatic rings. The van der Waals surface area contributed by atoms with Crippen molar-refractivity contribution in [1.29, 1.82) is 0 Å². The Morgan fingerprint density at radius 3 is 2.59 bits per heavy atom. The topological polar surface area (TPSA) is 75.6 Å². The van der Waals surface area contributed by atoms with E-state index < -0.39 is 17.5 Å². The number of hydrogen-bond donors (Lipinski definition) is 2. The van der Waals surface area contributed by atoms with E-state index in [1.165, 1.54) is 0 Å². The SMILES string of the molecule is C=CCCOC(C)C(=O)NCC(C)(C(=O)O)c1ccccc1. The average Bonchev–Trinajstić information content (AvgIpc) is 2.53. The molecule has 1 amide bonds. The van der Waals surface area contributed by atoms with Crippen LogP contribution in [0.3, 0.4) is 0 Å². The van der Waals surface area contributed by atoms with Crippen LogP contribution in [-0.2, 0) is 19.7 Å². The Balaban J connectivity index is 2.67. The van der Waals surface area contributed by atoms with Gasteiger partial charge >= 0.3 is 5.97 Å². The van der Waals surface area contributed by atoms with Crippen molar-refractivity contribution in [2.24, 2.45) is 0 Å². The van der Waals surface area contributed by atoms with Crippen molar-refractivity contribution in [3.63, 3.8) is 0 Å². The number of carboxylic acids is 1. The lowest BCUT2D eigenvalue weighted by Crippen LogP contribution is -2.47. The first-order chi connectivity index (χ1) is 10.4. The molecular weight excluding hydrogens is 282 g/mol. The van der Waals surface area contributed by atoms with Gasteiger partial charge in [0.15, 0.2) is 0 Å². The van der Waals surface area contributed by atoms with Gasteiger partial charge in [-0.05, 0) is 25.8 Å². The van der Waals surface area contributed by atoms with E-state index in [1.54, 1.807) is 44.2 Å². The number of rotatable bonds is 9. The van der Waals surface area contributed by atoms with Crippen molar-refractivity contribution in [2.75, 3.05) is 13.2 Å². The summed E-state index contributed by atoms with van der Waals surface area (Å²) in [6, 6.07) is 8.85. The van der Waals surface area contributed by atoms with Crippen LogP contribution in [0, 0.1) is 0 Å². The smallest absolute Gasteiger partial charge is 0.315 e. The fraction of sp³-hybridized carbons (Fsp3) is 0.412. The molecule has 0 heterocycles.